The van der Waals surface area contributed by atoms with E-state index < -0.39 is 0 Å². The van der Waals surface area contributed by atoms with E-state index in [1.54, 1.807) is 0 Å². The van der Waals surface area contributed by atoms with E-state index >= 15 is 0 Å². The molecule has 2 fully saturated rings. The average Bonchev–Trinajstić information content (AvgIpc) is 2.85. The van der Waals surface area contributed by atoms with Gasteiger partial charge in [-0.05, 0) is 49.0 Å². The summed E-state index contributed by atoms with van der Waals surface area (Å²) in [5.74, 6) is 4.40. The van der Waals surface area contributed by atoms with E-state index in [0.717, 1.165) is 24.4 Å². The van der Waals surface area contributed by atoms with E-state index in [1.165, 1.54) is 37.2 Å². The van der Waals surface area contributed by atoms with Crippen molar-refractivity contribution in [1.29, 1.82) is 0 Å². The zero-order valence-electron chi connectivity index (χ0n) is 9.74. The molecule has 0 aromatic carbocycles. The monoisotopic (exact) mass is 228 g/mol. The highest BCUT2D eigenvalue weighted by Gasteiger charge is 2.28. The molecule has 1 aliphatic heterocycles. The number of nitrogens with one attached hydrogen (secondary N) is 1. The van der Waals surface area contributed by atoms with Gasteiger partial charge in [-0.15, -0.1) is 0 Å². The van der Waals surface area contributed by atoms with Gasteiger partial charge >= 0.3 is 0 Å². The molecule has 3 heteroatoms. The van der Waals surface area contributed by atoms with Gasteiger partial charge in [-0.3, -0.25) is 0 Å². The van der Waals surface area contributed by atoms with Crippen LogP contribution in [0.15, 0.2) is 0 Å². The zero-order valence-corrected chi connectivity index (χ0v) is 10.6. The molecule has 1 saturated carbocycles. The van der Waals surface area contributed by atoms with Crippen LogP contribution in [0.3, 0.4) is 0 Å². The summed E-state index contributed by atoms with van der Waals surface area (Å²) in [6, 6.07) is 1.33. The second-order valence-corrected chi connectivity index (χ2v) is 6.40. The van der Waals surface area contributed by atoms with Gasteiger partial charge in [0, 0.05) is 18.6 Å². The molecule has 4 atom stereocenters. The van der Waals surface area contributed by atoms with Gasteiger partial charge in [0.15, 0.2) is 0 Å². The van der Waals surface area contributed by atoms with Crippen LogP contribution in [-0.4, -0.2) is 30.1 Å². The van der Waals surface area contributed by atoms with Crippen molar-refractivity contribution in [3.8, 4) is 0 Å². The van der Waals surface area contributed by atoms with Gasteiger partial charge in [0.05, 0.1) is 0 Å². The Labute approximate surface area is 97.8 Å². The molecule has 0 amide bonds. The Bertz CT molecular complexity index is 192. The van der Waals surface area contributed by atoms with Crippen LogP contribution in [0, 0.1) is 11.8 Å². The van der Waals surface area contributed by atoms with E-state index in [0.29, 0.717) is 6.04 Å². The predicted molar refractivity (Wildman–Crippen MR) is 68.2 cm³/mol. The number of hydrogen-bond acceptors (Lipinski definition) is 3. The van der Waals surface area contributed by atoms with Gasteiger partial charge in [0.2, 0.25) is 0 Å². The first-order valence-corrected chi connectivity index (χ1v) is 7.49. The molecule has 1 aliphatic carbocycles. The van der Waals surface area contributed by atoms with Gasteiger partial charge in [0.25, 0.3) is 0 Å². The molecule has 1 saturated heterocycles. The standard InChI is InChI=1S/C12H24N2S/c1-9-2-3-11(6-9)14-12(7-13)10-4-5-15-8-10/h9-12,14H,2-8,13H2,1H3. The third-order valence-electron chi connectivity index (χ3n) is 3.93. The lowest BCUT2D eigenvalue weighted by Crippen LogP contribution is -2.46. The Morgan fingerprint density at radius 2 is 2.27 bits per heavy atom. The molecule has 0 bridgehead atoms. The zero-order chi connectivity index (χ0) is 10.7. The van der Waals surface area contributed by atoms with Gasteiger partial charge in [-0.25, -0.2) is 0 Å². The van der Waals surface area contributed by atoms with Crippen LogP contribution in [-0.2, 0) is 0 Å². The van der Waals surface area contributed by atoms with Gasteiger partial charge in [0.1, 0.15) is 0 Å². The molecule has 4 unspecified atom stereocenters. The predicted octanol–water partition coefficient (Wildman–Crippen LogP) is 1.85. The van der Waals surface area contributed by atoms with Gasteiger partial charge in [-0.2, -0.15) is 11.8 Å². The minimum Gasteiger partial charge on any atom is -0.329 e. The van der Waals surface area contributed by atoms with E-state index in [-0.39, 0.29) is 0 Å². The number of hydrogen-bond donors (Lipinski definition) is 2. The van der Waals surface area contributed by atoms with Crippen LogP contribution in [0.2, 0.25) is 0 Å². The third-order valence-corrected chi connectivity index (χ3v) is 5.12. The lowest BCUT2D eigenvalue weighted by molar-refractivity contribution is 0.342. The molecule has 2 nitrogen and oxygen atoms in total. The summed E-state index contributed by atoms with van der Waals surface area (Å²) >= 11 is 2.09. The molecule has 0 radical (unpaired) electrons. The molecule has 0 aromatic rings. The first kappa shape index (κ1) is 11.7. The normalized spacial score (nSPS) is 38.4. The fraction of sp³-hybridized carbons (Fsp3) is 1.00. The van der Waals surface area contributed by atoms with Gasteiger partial charge < -0.3 is 11.1 Å². The first-order valence-electron chi connectivity index (χ1n) is 6.33. The largest absolute Gasteiger partial charge is 0.329 e. The van der Waals surface area contributed by atoms with E-state index in [2.05, 4.69) is 24.0 Å². The molecule has 2 aliphatic rings. The Balaban J connectivity index is 1.79. The molecular formula is C12H24N2S. The molecule has 88 valence electrons. The lowest BCUT2D eigenvalue weighted by atomic mass is 9.98. The number of rotatable bonds is 4. The maximum Gasteiger partial charge on any atom is 0.0229 e. The Hall–Kier alpha value is 0.270. The molecule has 0 spiro atoms. The third kappa shape index (κ3) is 3.11. The van der Waals surface area contributed by atoms with E-state index in [1.807, 2.05) is 0 Å². The fourth-order valence-corrected chi connectivity index (χ4v) is 4.27. The van der Waals surface area contributed by atoms with Crippen molar-refractivity contribution in [2.45, 2.75) is 44.7 Å². The maximum absolute atomic E-state index is 5.89. The highest BCUT2D eigenvalue weighted by Crippen LogP contribution is 2.29. The Morgan fingerprint density at radius 1 is 1.40 bits per heavy atom. The summed E-state index contributed by atoms with van der Waals surface area (Å²) < 4.78 is 0. The summed E-state index contributed by atoms with van der Waals surface area (Å²) in [7, 11) is 0. The second-order valence-electron chi connectivity index (χ2n) is 5.25. The Kier molecular flexibility index (Phi) is 4.35. The van der Waals surface area contributed by atoms with Crippen molar-refractivity contribution < 1.29 is 0 Å². The van der Waals surface area contributed by atoms with Crippen molar-refractivity contribution in [3.63, 3.8) is 0 Å². The maximum atomic E-state index is 5.89. The van der Waals surface area contributed by atoms with Gasteiger partial charge in [-0.1, -0.05) is 6.92 Å². The first-order chi connectivity index (χ1) is 7.29. The summed E-state index contributed by atoms with van der Waals surface area (Å²) in [5.41, 5.74) is 5.89. The summed E-state index contributed by atoms with van der Waals surface area (Å²) in [6.07, 6.45) is 5.48. The van der Waals surface area contributed by atoms with Crippen molar-refractivity contribution in [2.75, 3.05) is 18.1 Å². The van der Waals surface area contributed by atoms with Crippen molar-refractivity contribution in [2.24, 2.45) is 17.6 Å². The Morgan fingerprint density at radius 3 is 2.80 bits per heavy atom. The molecule has 1 heterocycles. The second kappa shape index (κ2) is 5.55. The molecular weight excluding hydrogens is 204 g/mol. The van der Waals surface area contributed by atoms with Crippen LogP contribution >= 0.6 is 11.8 Å². The van der Waals surface area contributed by atoms with Crippen molar-refractivity contribution in [1.82, 2.24) is 5.32 Å². The molecule has 3 N–H and O–H groups in total. The van der Waals surface area contributed by atoms with Crippen LogP contribution < -0.4 is 11.1 Å². The van der Waals surface area contributed by atoms with Crippen LogP contribution in [0.4, 0.5) is 0 Å². The average molecular weight is 228 g/mol. The van der Waals surface area contributed by atoms with E-state index in [4.69, 9.17) is 5.73 Å². The topological polar surface area (TPSA) is 38.0 Å². The summed E-state index contributed by atoms with van der Waals surface area (Å²) in [6.45, 7) is 3.18. The SMILES string of the molecule is CC1CCC(NC(CN)C2CCSC2)C1. The number of thioether (sulfide) groups is 1. The summed E-state index contributed by atoms with van der Waals surface area (Å²) in [5, 5.41) is 3.80. The molecule has 0 aromatic heterocycles. The minimum atomic E-state index is 0.579. The quantitative estimate of drug-likeness (QED) is 0.771. The lowest BCUT2D eigenvalue weighted by Gasteiger charge is -2.26. The van der Waals surface area contributed by atoms with Crippen molar-refractivity contribution in [3.05, 3.63) is 0 Å². The minimum absolute atomic E-state index is 0.579. The van der Waals surface area contributed by atoms with Crippen LogP contribution in [0.25, 0.3) is 0 Å². The van der Waals surface area contributed by atoms with E-state index in [9.17, 15) is 0 Å². The highest BCUT2D eigenvalue weighted by molar-refractivity contribution is 7.99. The van der Waals surface area contributed by atoms with Crippen LogP contribution in [0.5, 0.6) is 0 Å². The summed E-state index contributed by atoms with van der Waals surface area (Å²) in [4.78, 5) is 0. The number of nitrogens with two attached hydrogens (primary N) is 1. The fourth-order valence-electron chi connectivity index (χ4n) is 2.93. The van der Waals surface area contributed by atoms with Crippen molar-refractivity contribution >= 4 is 11.8 Å². The molecule has 15 heavy (non-hydrogen) atoms. The highest BCUT2D eigenvalue weighted by atomic mass is 32.2. The smallest absolute Gasteiger partial charge is 0.0229 e. The molecule has 2 rings (SSSR count). The van der Waals surface area contributed by atoms with Crippen LogP contribution in [0.1, 0.15) is 32.6 Å².